The van der Waals surface area contributed by atoms with Crippen LogP contribution in [0.4, 0.5) is 13.2 Å². The third kappa shape index (κ3) is 2.43. The van der Waals surface area contributed by atoms with Crippen molar-refractivity contribution in [3.63, 3.8) is 0 Å². The lowest BCUT2D eigenvalue weighted by Crippen LogP contribution is -2.17. The lowest BCUT2D eigenvalue weighted by Gasteiger charge is -2.15. The van der Waals surface area contributed by atoms with E-state index in [2.05, 4.69) is 4.74 Å². The molecule has 0 fully saturated rings. The van der Waals surface area contributed by atoms with Crippen LogP contribution in [0.5, 0.6) is 0 Å². The van der Waals surface area contributed by atoms with Crippen LogP contribution in [0.2, 0.25) is 0 Å². The monoisotopic (exact) mass is 259 g/mol. The molecule has 0 unspecified atom stereocenters. The number of nitriles is 1. The van der Waals surface area contributed by atoms with E-state index in [1.54, 1.807) is 0 Å². The van der Waals surface area contributed by atoms with E-state index < -0.39 is 35.4 Å². The molecular formula is C11H8F3NO3. The van der Waals surface area contributed by atoms with Crippen LogP contribution >= 0.6 is 0 Å². The quantitative estimate of drug-likeness (QED) is 0.823. The Kier molecular flexibility index (Phi) is 3.93. The highest BCUT2D eigenvalue weighted by atomic mass is 19.4. The van der Waals surface area contributed by atoms with Gasteiger partial charge in [0.15, 0.2) is 0 Å². The van der Waals surface area contributed by atoms with Crippen LogP contribution in [-0.2, 0) is 17.5 Å². The minimum atomic E-state index is -4.89. The number of carbonyl (C=O) groups is 1. The molecule has 0 aromatic heterocycles. The molecular weight excluding hydrogens is 251 g/mol. The number of ether oxygens (including phenoxy) is 1. The first-order chi connectivity index (χ1) is 8.36. The molecule has 96 valence electrons. The molecule has 1 N–H and O–H groups in total. The van der Waals surface area contributed by atoms with Gasteiger partial charge in [-0.15, -0.1) is 0 Å². The minimum absolute atomic E-state index is 0.197. The van der Waals surface area contributed by atoms with Crippen LogP contribution < -0.4 is 0 Å². The number of esters is 1. The van der Waals surface area contributed by atoms with Crippen molar-refractivity contribution in [3.8, 4) is 6.07 Å². The molecule has 0 aliphatic carbocycles. The normalized spacial score (nSPS) is 10.9. The van der Waals surface area contributed by atoms with E-state index in [0.29, 0.717) is 0 Å². The zero-order valence-corrected chi connectivity index (χ0v) is 9.21. The van der Waals surface area contributed by atoms with Gasteiger partial charge in [0.1, 0.15) is 6.07 Å². The van der Waals surface area contributed by atoms with Gasteiger partial charge in [-0.25, -0.2) is 4.79 Å². The average Bonchev–Trinajstić information content (AvgIpc) is 2.34. The van der Waals surface area contributed by atoms with Crippen LogP contribution in [0.15, 0.2) is 12.1 Å². The maximum Gasteiger partial charge on any atom is 0.418 e. The SMILES string of the molecule is COC(=O)c1ccc(CO)c(C#N)c1C(F)(F)F. The molecule has 0 bridgehead atoms. The first-order valence-electron chi connectivity index (χ1n) is 4.69. The van der Waals surface area contributed by atoms with Gasteiger partial charge < -0.3 is 9.84 Å². The molecule has 4 nitrogen and oxygen atoms in total. The summed E-state index contributed by atoms with van der Waals surface area (Å²) in [5.74, 6) is -1.19. The molecule has 18 heavy (non-hydrogen) atoms. The molecule has 0 heterocycles. The van der Waals surface area contributed by atoms with Crippen molar-refractivity contribution in [2.75, 3.05) is 7.11 Å². The summed E-state index contributed by atoms with van der Waals surface area (Å²) in [6.07, 6.45) is -4.89. The third-order valence-electron chi connectivity index (χ3n) is 2.26. The molecule has 0 aliphatic heterocycles. The van der Waals surface area contributed by atoms with Crippen molar-refractivity contribution >= 4 is 5.97 Å². The van der Waals surface area contributed by atoms with E-state index in [0.717, 1.165) is 19.2 Å². The Labute approximate surface area is 100 Å². The number of alkyl halides is 3. The van der Waals surface area contributed by atoms with Crippen molar-refractivity contribution in [1.29, 1.82) is 5.26 Å². The second-order valence-corrected chi connectivity index (χ2v) is 3.28. The number of aliphatic hydroxyl groups is 1. The molecule has 0 saturated heterocycles. The average molecular weight is 259 g/mol. The standard InChI is InChI=1S/C11H8F3NO3/c1-18-10(17)7-3-2-6(5-16)8(4-15)9(7)11(12,13)14/h2-3,16H,5H2,1H3. The second-order valence-electron chi connectivity index (χ2n) is 3.28. The molecule has 0 spiro atoms. The molecule has 0 radical (unpaired) electrons. The largest absolute Gasteiger partial charge is 0.465 e. The van der Waals surface area contributed by atoms with Crippen LogP contribution in [0.25, 0.3) is 0 Å². The molecule has 0 aliphatic rings. The Morgan fingerprint density at radius 1 is 1.50 bits per heavy atom. The lowest BCUT2D eigenvalue weighted by molar-refractivity contribution is -0.138. The van der Waals surface area contributed by atoms with Crippen molar-refractivity contribution in [2.45, 2.75) is 12.8 Å². The molecule has 7 heteroatoms. The smallest absolute Gasteiger partial charge is 0.418 e. The number of nitrogens with zero attached hydrogens (tertiary/aromatic N) is 1. The zero-order valence-electron chi connectivity index (χ0n) is 9.21. The highest BCUT2D eigenvalue weighted by molar-refractivity contribution is 5.92. The van der Waals surface area contributed by atoms with Gasteiger partial charge in [0, 0.05) is 0 Å². The van der Waals surface area contributed by atoms with Gasteiger partial charge in [0.05, 0.1) is 30.4 Å². The number of rotatable bonds is 2. The summed E-state index contributed by atoms with van der Waals surface area (Å²) in [6, 6.07) is 3.31. The number of hydrogen-bond acceptors (Lipinski definition) is 4. The lowest BCUT2D eigenvalue weighted by atomic mass is 9.96. The summed E-state index contributed by atoms with van der Waals surface area (Å²) in [6.45, 7) is -0.729. The molecule has 1 rings (SSSR count). The van der Waals surface area contributed by atoms with E-state index in [4.69, 9.17) is 10.4 Å². The Morgan fingerprint density at radius 2 is 2.11 bits per heavy atom. The highest BCUT2D eigenvalue weighted by Gasteiger charge is 2.39. The summed E-state index contributed by atoms with van der Waals surface area (Å²) in [5.41, 5.74) is -3.10. The topological polar surface area (TPSA) is 70.3 Å². The van der Waals surface area contributed by atoms with E-state index in [1.165, 1.54) is 6.07 Å². The molecule has 0 amide bonds. The Hall–Kier alpha value is -2.07. The summed E-state index contributed by atoms with van der Waals surface area (Å²) in [7, 11) is 0.939. The minimum Gasteiger partial charge on any atom is -0.465 e. The fraction of sp³-hybridized carbons (Fsp3) is 0.273. The van der Waals surface area contributed by atoms with E-state index in [1.807, 2.05) is 0 Å². The molecule has 1 aromatic rings. The van der Waals surface area contributed by atoms with Crippen LogP contribution in [-0.4, -0.2) is 18.2 Å². The first kappa shape index (κ1) is 14.0. The van der Waals surface area contributed by atoms with Gasteiger partial charge in [-0.1, -0.05) is 6.07 Å². The fourth-order valence-electron chi connectivity index (χ4n) is 1.48. The molecule has 0 saturated carbocycles. The summed E-state index contributed by atoms with van der Waals surface area (Å²) in [4.78, 5) is 11.3. The van der Waals surface area contributed by atoms with Gasteiger partial charge in [0.2, 0.25) is 0 Å². The van der Waals surface area contributed by atoms with Crippen LogP contribution in [0.1, 0.15) is 27.0 Å². The van der Waals surface area contributed by atoms with Gasteiger partial charge in [0.25, 0.3) is 0 Å². The number of methoxy groups -OCH3 is 1. The van der Waals surface area contributed by atoms with Gasteiger partial charge >= 0.3 is 12.1 Å². The first-order valence-corrected chi connectivity index (χ1v) is 4.69. The summed E-state index contributed by atoms with van der Waals surface area (Å²) >= 11 is 0. The predicted octanol–water partition coefficient (Wildman–Crippen LogP) is 1.86. The fourth-order valence-corrected chi connectivity index (χ4v) is 1.48. The predicted molar refractivity (Wildman–Crippen MR) is 53.4 cm³/mol. The molecule has 0 atom stereocenters. The van der Waals surface area contributed by atoms with E-state index in [9.17, 15) is 18.0 Å². The van der Waals surface area contributed by atoms with Crippen LogP contribution in [0.3, 0.4) is 0 Å². The zero-order chi connectivity index (χ0) is 13.9. The van der Waals surface area contributed by atoms with Gasteiger partial charge in [-0.3, -0.25) is 0 Å². The second kappa shape index (κ2) is 5.06. The maximum atomic E-state index is 12.9. The number of carbonyl (C=O) groups excluding carboxylic acids is 1. The summed E-state index contributed by atoms with van der Waals surface area (Å²) < 4.78 is 42.8. The van der Waals surface area contributed by atoms with Crippen molar-refractivity contribution in [3.05, 3.63) is 34.4 Å². The maximum absolute atomic E-state index is 12.9. The van der Waals surface area contributed by atoms with Crippen molar-refractivity contribution < 1.29 is 27.8 Å². The van der Waals surface area contributed by atoms with Gasteiger partial charge in [-0.05, 0) is 11.6 Å². The number of hydrogen-bond donors (Lipinski definition) is 1. The van der Waals surface area contributed by atoms with Crippen molar-refractivity contribution in [2.24, 2.45) is 0 Å². The third-order valence-corrected chi connectivity index (χ3v) is 2.26. The molecule has 1 aromatic carbocycles. The Balaban J connectivity index is 3.67. The summed E-state index contributed by atoms with van der Waals surface area (Å²) in [5, 5.41) is 17.7. The Morgan fingerprint density at radius 3 is 2.50 bits per heavy atom. The van der Waals surface area contributed by atoms with Crippen molar-refractivity contribution in [1.82, 2.24) is 0 Å². The number of benzene rings is 1. The van der Waals surface area contributed by atoms with Crippen LogP contribution in [0, 0.1) is 11.3 Å². The number of aliphatic hydroxyl groups excluding tert-OH is 1. The Bertz CT molecular complexity index is 517. The number of halogens is 3. The highest BCUT2D eigenvalue weighted by Crippen LogP contribution is 2.36. The van der Waals surface area contributed by atoms with E-state index in [-0.39, 0.29) is 5.56 Å². The van der Waals surface area contributed by atoms with E-state index >= 15 is 0 Å². The van der Waals surface area contributed by atoms with Gasteiger partial charge in [-0.2, -0.15) is 18.4 Å².